The smallest absolute Gasteiger partial charge is 0.272 e. The van der Waals surface area contributed by atoms with Crippen LogP contribution in [-0.2, 0) is 0 Å². The van der Waals surface area contributed by atoms with Gasteiger partial charge in [0.2, 0.25) is 0 Å². The van der Waals surface area contributed by atoms with Crippen LogP contribution in [0.5, 0.6) is 0 Å². The molecule has 7 rings (SSSR count). The lowest BCUT2D eigenvalue weighted by Gasteiger charge is -2.58. The molecule has 190 valence electrons. The average Bonchev–Trinajstić information content (AvgIpc) is 3.49. The van der Waals surface area contributed by atoms with Gasteiger partial charge < -0.3 is 9.88 Å². The molecule has 1 N–H and O–H groups in total. The highest BCUT2D eigenvalue weighted by molar-refractivity contribution is 5.92. The van der Waals surface area contributed by atoms with Crippen LogP contribution in [0.15, 0.2) is 66.6 Å². The number of benzene rings is 1. The molecule has 6 atom stereocenters. The molecule has 0 aliphatic heterocycles. The number of aromatic nitrogens is 4. The minimum absolute atomic E-state index is 0.110. The topological polar surface area (TPSA) is 72.7 Å². The van der Waals surface area contributed by atoms with E-state index < -0.39 is 0 Å². The summed E-state index contributed by atoms with van der Waals surface area (Å²) in [6.45, 7) is 5.04. The Morgan fingerprint density at radius 1 is 1.00 bits per heavy atom. The number of allylic oxidation sites excluding steroid dienone is 3. The van der Waals surface area contributed by atoms with Crippen molar-refractivity contribution in [2.75, 3.05) is 0 Å². The molecule has 0 saturated heterocycles. The molecule has 2 heterocycles. The molecular formula is C31H35N5O. The third-order valence-electron chi connectivity index (χ3n) is 10.5. The first-order chi connectivity index (χ1) is 18.0. The molecule has 1 amide bonds. The predicted molar refractivity (Wildman–Crippen MR) is 144 cm³/mol. The maximum absolute atomic E-state index is 12.7. The molecule has 0 spiro atoms. The molecule has 37 heavy (non-hydrogen) atoms. The van der Waals surface area contributed by atoms with Crippen LogP contribution in [0.25, 0.3) is 16.7 Å². The average molecular weight is 494 g/mol. The number of hydrogen-bond donors (Lipinski definition) is 1. The van der Waals surface area contributed by atoms with Gasteiger partial charge in [0.15, 0.2) is 5.69 Å². The number of carbonyl (C=O) groups excluding carboxylic acids is 1. The summed E-state index contributed by atoms with van der Waals surface area (Å²) in [7, 11) is 0. The standard InChI is InChI=1S/C31H35N5O/c1-30-15-13-21(34-29(37)26-7-5-17-33-35-26)18-20(30)9-10-22-23-11-12-28(31(23,2)16-14-24(22)30)36-19-32-25-6-3-4-8-27(25)36/h3-9,12,17,19,21-24H,10-11,13-16,18H2,1-2H3,(H,34,37)/t21-,22-,23-,24-,30-,31-/m0/s1. The lowest BCUT2D eigenvalue weighted by molar-refractivity contribution is -0.0136. The summed E-state index contributed by atoms with van der Waals surface area (Å²) in [5, 5.41) is 11.1. The Balaban J connectivity index is 1.11. The summed E-state index contributed by atoms with van der Waals surface area (Å²) < 4.78 is 2.37. The first-order valence-electron chi connectivity index (χ1n) is 13.9. The summed E-state index contributed by atoms with van der Waals surface area (Å²) in [4.78, 5) is 17.4. The van der Waals surface area contributed by atoms with Crippen LogP contribution in [0.3, 0.4) is 0 Å². The van der Waals surface area contributed by atoms with Gasteiger partial charge in [-0.3, -0.25) is 4.79 Å². The van der Waals surface area contributed by atoms with Crippen LogP contribution in [0, 0.1) is 28.6 Å². The lowest BCUT2D eigenvalue weighted by Crippen LogP contribution is -2.51. The first-order valence-corrected chi connectivity index (χ1v) is 13.9. The Morgan fingerprint density at radius 3 is 2.73 bits per heavy atom. The van der Waals surface area contributed by atoms with E-state index in [-0.39, 0.29) is 22.8 Å². The number of para-hydroxylation sites is 2. The van der Waals surface area contributed by atoms with Crippen molar-refractivity contribution in [2.45, 2.75) is 64.8 Å². The van der Waals surface area contributed by atoms with Crippen molar-refractivity contribution in [3.05, 3.63) is 72.3 Å². The third-order valence-corrected chi connectivity index (χ3v) is 10.5. The molecule has 4 aliphatic carbocycles. The number of rotatable bonds is 3. The van der Waals surface area contributed by atoms with E-state index in [1.165, 1.54) is 24.1 Å². The van der Waals surface area contributed by atoms with Gasteiger partial charge in [0.25, 0.3) is 5.91 Å². The molecule has 0 bridgehead atoms. The van der Waals surface area contributed by atoms with Crippen molar-refractivity contribution in [1.82, 2.24) is 25.1 Å². The zero-order chi connectivity index (χ0) is 25.2. The third kappa shape index (κ3) is 3.44. The van der Waals surface area contributed by atoms with E-state index >= 15 is 0 Å². The number of hydrogen-bond acceptors (Lipinski definition) is 4. The van der Waals surface area contributed by atoms with Gasteiger partial charge in [-0.25, -0.2) is 4.98 Å². The number of amides is 1. The predicted octanol–water partition coefficient (Wildman–Crippen LogP) is 6.04. The molecular weight excluding hydrogens is 458 g/mol. The Bertz CT molecular complexity index is 1420. The molecule has 2 aromatic heterocycles. The number of carbonyl (C=O) groups is 1. The monoisotopic (exact) mass is 493 g/mol. The van der Waals surface area contributed by atoms with Crippen molar-refractivity contribution < 1.29 is 4.79 Å². The van der Waals surface area contributed by atoms with E-state index in [4.69, 9.17) is 4.98 Å². The number of imidazole rings is 1. The maximum atomic E-state index is 12.7. The number of nitrogens with zero attached hydrogens (tertiary/aromatic N) is 4. The Labute approximate surface area is 218 Å². The first kappa shape index (κ1) is 22.9. The van der Waals surface area contributed by atoms with Crippen LogP contribution in [0.4, 0.5) is 0 Å². The van der Waals surface area contributed by atoms with Gasteiger partial charge in [-0.05, 0) is 92.4 Å². The molecule has 0 radical (unpaired) electrons. The van der Waals surface area contributed by atoms with Crippen LogP contribution >= 0.6 is 0 Å². The summed E-state index contributed by atoms with van der Waals surface area (Å²) in [6, 6.07) is 12.2. The quantitative estimate of drug-likeness (QED) is 0.452. The van der Waals surface area contributed by atoms with Crippen LogP contribution in [0.2, 0.25) is 0 Å². The van der Waals surface area contributed by atoms with E-state index in [1.54, 1.807) is 23.9 Å². The fraction of sp³-hybridized carbons (Fsp3) is 0.484. The van der Waals surface area contributed by atoms with Gasteiger partial charge in [0.05, 0.1) is 11.0 Å². The second-order valence-corrected chi connectivity index (χ2v) is 12.2. The summed E-state index contributed by atoms with van der Waals surface area (Å²) in [5.41, 5.74) is 6.15. The summed E-state index contributed by atoms with van der Waals surface area (Å²) >= 11 is 0. The van der Waals surface area contributed by atoms with Crippen molar-refractivity contribution >= 4 is 22.6 Å². The van der Waals surface area contributed by atoms with Crippen LogP contribution < -0.4 is 5.32 Å². The Kier molecular flexibility index (Phi) is 5.18. The van der Waals surface area contributed by atoms with E-state index in [0.29, 0.717) is 17.5 Å². The largest absolute Gasteiger partial charge is 0.348 e. The van der Waals surface area contributed by atoms with Crippen molar-refractivity contribution in [2.24, 2.45) is 28.6 Å². The molecule has 2 fully saturated rings. The number of fused-ring (bicyclic) bond motifs is 6. The van der Waals surface area contributed by atoms with Crippen LogP contribution in [0.1, 0.15) is 69.3 Å². The highest BCUT2D eigenvalue weighted by Crippen LogP contribution is 2.65. The van der Waals surface area contributed by atoms with Crippen molar-refractivity contribution in [3.8, 4) is 0 Å². The summed E-state index contributed by atoms with van der Waals surface area (Å²) in [6.07, 6.45) is 16.6. The maximum Gasteiger partial charge on any atom is 0.272 e. The van der Waals surface area contributed by atoms with Gasteiger partial charge in [0, 0.05) is 23.4 Å². The Morgan fingerprint density at radius 2 is 1.86 bits per heavy atom. The molecule has 1 aromatic carbocycles. The SMILES string of the molecule is C[C@]12CC[C@H](NC(=O)c3cccnn3)CC1=CC[C@@H]1[C@@H]2CC[C@]2(C)C(n3cnc4ccccc43)=CC[C@@H]12. The fourth-order valence-electron chi connectivity index (χ4n) is 8.54. The molecule has 6 nitrogen and oxygen atoms in total. The van der Waals surface area contributed by atoms with E-state index in [2.05, 4.69) is 70.3 Å². The molecule has 6 heteroatoms. The second-order valence-electron chi connectivity index (χ2n) is 12.2. The minimum atomic E-state index is -0.110. The zero-order valence-corrected chi connectivity index (χ0v) is 21.7. The van der Waals surface area contributed by atoms with E-state index in [0.717, 1.165) is 43.5 Å². The Hall–Kier alpha value is -3.28. The zero-order valence-electron chi connectivity index (χ0n) is 21.7. The van der Waals surface area contributed by atoms with E-state index in [1.807, 2.05) is 6.33 Å². The van der Waals surface area contributed by atoms with Crippen molar-refractivity contribution in [3.63, 3.8) is 0 Å². The lowest BCUT2D eigenvalue weighted by atomic mass is 9.47. The van der Waals surface area contributed by atoms with Gasteiger partial charge in [-0.1, -0.05) is 43.7 Å². The molecule has 4 aliphatic rings. The summed E-state index contributed by atoms with van der Waals surface area (Å²) in [5.74, 6) is 1.99. The van der Waals surface area contributed by atoms with Crippen molar-refractivity contribution in [1.29, 1.82) is 0 Å². The van der Waals surface area contributed by atoms with Gasteiger partial charge in [-0.2, -0.15) is 5.10 Å². The van der Waals surface area contributed by atoms with Crippen LogP contribution in [-0.4, -0.2) is 31.7 Å². The van der Waals surface area contributed by atoms with Gasteiger partial charge in [-0.15, -0.1) is 5.10 Å². The highest BCUT2D eigenvalue weighted by Gasteiger charge is 2.57. The number of nitrogens with one attached hydrogen (secondary N) is 1. The van der Waals surface area contributed by atoms with Gasteiger partial charge in [0.1, 0.15) is 6.33 Å². The van der Waals surface area contributed by atoms with E-state index in [9.17, 15) is 4.79 Å². The van der Waals surface area contributed by atoms with Gasteiger partial charge >= 0.3 is 0 Å². The minimum Gasteiger partial charge on any atom is -0.348 e. The molecule has 3 aromatic rings. The highest BCUT2D eigenvalue weighted by atomic mass is 16.2. The molecule has 0 unspecified atom stereocenters. The molecule has 2 saturated carbocycles. The fourth-order valence-corrected chi connectivity index (χ4v) is 8.54. The normalized spacial score (nSPS) is 34.6. The second kappa shape index (κ2) is 8.37.